The minimum atomic E-state index is -0.340. The Morgan fingerprint density at radius 1 is 1.17 bits per heavy atom. The van der Waals surface area contributed by atoms with Gasteiger partial charge in [0.25, 0.3) is 5.91 Å². The second kappa shape index (κ2) is 5.46. The number of nitrogens with zero attached hydrogens (tertiary/aromatic N) is 2. The Morgan fingerprint density at radius 2 is 1.89 bits per heavy atom. The van der Waals surface area contributed by atoms with Gasteiger partial charge in [-0.1, -0.05) is 11.6 Å². The lowest BCUT2D eigenvalue weighted by molar-refractivity contribution is 0.102. The number of ether oxygens (including phenoxy) is 1. The first-order valence-corrected chi connectivity index (χ1v) is 5.51. The molecule has 0 saturated heterocycles. The summed E-state index contributed by atoms with van der Waals surface area (Å²) in [6.07, 6.45) is 0. The van der Waals surface area contributed by atoms with Gasteiger partial charge in [0.15, 0.2) is 5.69 Å². The van der Waals surface area contributed by atoms with E-state index in [1.165, 1.54) is 13.2 Å². The lowest BCUT2D eigenvalue weighted by Crippen LogP contribution is -2.14. The molecule has 0 aliphatic carbocycles. The third-order valence-corrected chi connectivity index (χ3v) is 2.44. The highest BCUT2D eigenvalue weighted by Gasteiger charge is 2.08. The van der Waals surface area contributed by atoms with Crippen LogP contribution in [-0.4, -0.2) is 23.2 Å². The van der Waals surface area contributed by atoms with Gasteiger partial charge in [0, 0.05) is 16.8 Å². The Labute approximate surface area is 109 Å². The number of anilines is 1. The minimum absolute atomic E-state index is 0.214. The van der Waals surface area contributed by atoms with E-state index >= 15 is 0 Å². The van der Waals surface area contributed by atoms with E-state index in [-0.39, 0.29) is 11.6 Å². The fraction of sp³-hybridized carbons (Fsp3) is 0.0833. The predicted octanol–water partition coefficient (Wildman–Crippen LogP) is 2.39. The number of carbonyl (C=O) groups excluding carboxylic acids is 1. The summed E-state index contributed by atoms with van der Waals surface area (Å²) in [5.74, 6) is 0.0190. The Hall–Kier alpha value is -2.14. The van der Waals surface area contributed by atoms with Gasteiger partial charge in [-0.15, -0.1) is 10.2 Å². The van der Waals surface area contributed by atoms with Crippen molar-refractivity contribution in [2.75, 3.05) is 12.4 Å². The number of hydrogen-bond acceptors (Lipinski definition) is 4. The van der Waals surface area contributed by atoms with Crippen LogP contribution in [0.25, 0.3) is 0 Å². The standard InChI is InChI=1S/C12H10ClN3O2/c1-18-11-7-6-10(15-16-11)12(17)14-9-4-2-8(13)3-5-9/h2-7H,1H3,(H,14,17). The first-order valence-electron chi connectivity index (χ1n) is 5.13. The molecule has 0 aliphatic heterocycles. The normalized spacial score (nSPS) is 9.89. The third kappa shape index (κ3) is 2.95. The van der Waals surface area contributed by atoms with Gasteiger partial charge in [0.2, 0.25) is 5.88 Å². The van der Waals surface area contributed by atoms with E-state index in [1.807, 2.05) is 0 Å². The van der Waals surface area contributed by atoms with E-state index in [4.69, 9.17) is 16.3 Å². The van der Waals surface area contributed by atoms with Gasteiger partial charge in [-0.05, 0) is 30.3 Å². The third-order valence-electron chi connectivity index (χ3n) is 2.18. The van der Waals surface area contributed by atoms with Gasteiger partial charge in [0.05, 0.1) is 7.11 Å². The van der Waals surface area contributed by atoms with Gasteiger partial charge < -0.3 is 10.1 Å². The lowest BCUT2D eigenvalue weighted by Gasteiger charge is -2.04. The number of rotatable bonds is 3. The summed E-state index contributed by atoms with van der Waals surface area (Å²) in [4.78, 5) is 11.8. The molecule has 1 heterocycles. The van der Waals surface area contributed by atoms with Gasteiger partial charge in [-0.2, -0.15) is 0 Å². The summed E-state index contributed by atoms with van der Waals surface area (Å²) in [7, 11) is 1.48. The highest BCUT2D eigenvalue weighted by molar-refractivity contribution is 6.30. The van der Waals surface area contributed by atoms with E-state index < -0.39 is 0 Å². The van der Waals surface area contributed by atoms with Crippen LogP contribution in [0.4, 0.5) is 5.69 Å². The largest absolute Gasteiger partial charge is 0.480 e. The molecule has 0 aliphatic rings. The van der Waals surface area contributed by atoms with Crippen LogP contribution in [0.1, 0.15) is 10.5 Å². The molecule has 2 rings (SSSR count). The molecule has 0 spiro atoms. The second-order valence-corrected chi connectivity index (χ2v) is 3.86. The molecule has 0 saturated carbocycles. The monoisotopic (exact) mass is 263 g/mol. The molecule has 1 N–H and O–H groups in total. The average Bonchev–Trinajstić information content (AvgIpc) is 2.41. The van der Waals surface area contributed by atoms with E-state index in [2.05, 4.69) is 15.5 Å². The number of halogens is 1. The van der Waals surface area contributed by atoms with Crippen molar-refractivity contribution in [3.8, 4) is 5.88 Å². The van der Waals surface area contributed by atoms with Crippen LogP contribution in [0, 0.1) is 0 Å². The maximum atomic E-state index is 11.8. The average molecular weight is 264 g/mol. The number of carbonyl (C=O) groups is 1. The number of benzene rings is 1. The maximum absolute atomic E-state index is 11.8. The van der Waals surface area contributed by atoms with Crippen molar-refractivity contribution >= 4 is 23.2 Å². The summed E-state index contributed by atoms with van der Waals surface area (Å²) in [5.41, 5.74) is 0.854. The van der Waals surface area contributed by atoms with Crippen LogP contribution in [0.2, 0.25) is 5.02 Å². The van der Waals surface area contributed by atoms with Crippen LogP contribution in [0.5, 0.6) is 5.88 Å². The zero-order valence-corrected chi connectivity index (χ0v) is 10.3. The molecular weight excluding hydrogens is 254 g/mol. The molecule has 1 amide bonds. The maximum Gasteiger partial charge on any atom is 0.276 e. The van der Waals surface area contributed by atoms with Gasteiger partial charge in [0.1, 0.15) is 0 Å². The zero-order chi connectivity index (χ0) is 13.0. The van der Waals surface area contributed by atoms with Crippen LogP contribution in [0.15, 0.2) is 36.4 Å². The minimum Gasteiger partial charge on any atom is -0.480 e. The van der Waals surface area contributed by atoms with Crippen molar-refractivity contribution in [1.29, 1.82) is 0 Å². The molecule has 5 nitrogen and oxygen atoms in total. The summed E-state index contributed by atoms with van der Waals surface area (Å²) >= 11 is 5.75. The summed E-state index contributed by atoms with van der Waals surface area (Å²) < 4.78 is 4.86. The lowest BCUT2D eigenvalue weighted by atomic mass is 10.3. The van der Waals surface area contributed by atoms with E-state index in [9.17, 15) is 4.79 Å². The van der Waals surface area contributed by atoms with E-state index in [0.29, 0.717) is 16.6 Å². The van der Waals surface area contributed by atoms with Crippen molar-refractivity contribution in [3.63, 3.8) is 0 Å². The first kappa shape index (κ1) is 12.3. The molecule has 2 aromatic rings. The quantitative estimate of drug-likeness (QED) is 0.923. The van der Waals surface area contributed by atoms with Gasteiger partial charge in [-0.3, -0.25) is 4.79 Å². The van der Waals surface area contributed by atoms with Crippen molar-refractivity contribution in [1.82, 2.24) is 10.2 Å². The van der Waals surface area contributed by atoms with Crippen LogP contribution < -0.4 is 10.1 Å². The molecule has 6 heteroatoms. The fourth-order valence-corrected chi connectivity index (χ4v) is 1.40. The second-order valence-electron chi connectivity index (χ2n) is 3.42. The molecule has 0 bridgehead atoms. The Balaban J connectivity index is 2.09. The van der Waals surface area contributed by atoms with Crippen LogP contribution in [0.3, 0.4) is 0 Å². The number of amides is 1. The fourth-order valence-electron chi connectivity index (χ4n) is 1.28. The Morgan fingerprint density at radius 3 is 2.44 bits per heavy atom. The van der Waals surface area contributed by atoms with E-state index in [1.54, 1.807) is 30.3 Å². The van der Waals surface area contributed by atoms with Crippen molar-refractivity contribution < 1.29 is 9.53 Å². The molecule has 1 aromatic heterocycles. The van der Waals surface area contributed by atoms with Crippen molar-refractivity contribution in [3.05, 3.63) is 47.1 Å². The summed E-state index contributed by atoms with van der Waals surface area (Å²) in [6.45, 7) is 0. The predicted molar refractivity (Wildman–Crippen MR) is 68.0 cm³/mol. The number of nitrogens with one attached hydrogen (secondary N) is 1. The molecule has 0 radical (unpaired) electrons. The van der Waals surface area contributed by atoms with Crippen LogP contribution >= 0.6 is 11.6 Å². The number of methoxy groups -OCH3 is 1. The Bertz CT molecular complexity index is 540. The summed E-state index contributed by atoms with van der Waals surface area (Å²) in [6, 6.07) is 9.91. The highest BCUT2D eigenvalue weighted by Crippen LogP contribution is 2.14. The number of hydrogen-bond donors (Lipinski definition) is 1. The molecule has 1 aromatic carbocycles. The van der Waals surface area contributed by atoms with Crippen molar-refractivity contribution in [2.45, 2.75) is 0 Å². The number of aromatic nitrogens is 2. The Kier molecular flexibility index (Phi) is 3.74. The topological polar surface area (TPSA) is 64.1 Å². The van der Waals surface area contributed by atoms with Crippen LogP contribution in [-0.2, 0) is 0 Å². The van der Waals surface area contributed by atoms with Gasteiger partial charge >= 0.3 is 0 Å². The molecule has 92 valence electrons. The molecule has 0 unspecified atom stereocenters. The summed E-state index contributed by atoms with van der Waals surface area (Å²) in [5, 5.41) is 10.8. The highest BCUT2D eigenvalue weighted by atomic mass is 35.5. The zero-order valence-electron chi connectivity index (χ0n) is 9.55. The molecule has 0 fully saturated rings. The van der Waals surface area contributed by atoms with Crippen molar-refractivity contribution in [2.24, 2.45) is 0 Å². The smallest absolute Gasteiger partial charge is 0.276 e. The molecule has 18 heavy (non-hydrogen) atoms. The van der Waals surface area contributed by atoms with Gasteiger partial charge in [-0.25, -0.2) is 0 Å². The van der Waals surface area contributed by atoms with E-state index in [0.717, 1.165) is 0 Å². The molecular formula is C12H10ClN3O2. The SMILES string of the molecule is COc1ccc(C(=O)Nc2ccc(Cl)cc2)nn1. The first-order chi connectivity index (χ1) is 8.69. The molecule has 0 atom stereocenters.